The Balaban J connectivity index is 1.28. The van der Waals surface area contributed by atoms with Crippen LogP contribution in [0.2, 0.25) is 0 Å². The number of ether oxygens (including phenoxy) is 1. The minimum Gasteiger partial charge on any atom is -0.393 e. The van der Waals surface area contributed by atoms with Crippen LogP contribution in [0.15, 0.2) is 0 Å². The van der Waals surface area contributed by atoms with Crippen LogP contribution in [-0.4, -0.2) is 58.4 Å². The van der Waals surface area contributed by atoms with Crippen LogP contribution in [0.1, 0.15) is 99.8 Å². The van der Waals surface area contributed by atoms with Crippen molar-refractivity contribution < 1.29 is 20.1 Å². The van der Waals surface area contributed by atoms with E-state index in [-0.39, 0.29) is 34.6 Å². The van der Waals surface area contributed by atoms with Crippen LogP contribution in [-0.2, 0) is 4.74 Å². The second-order valence-electron chi connectivity index (χ2n) is 16.1. The normalized spacial score (nSPS) is 57.2. The van der Waals surface area contributed by atoms with Crippen molar-refractivity contribution in [1.82, 2.24) is 5.32 Å². The summed E-state index contributed by atoms with van der Waals surface area (Å²) in [5, 5.41) is 36.7. The molecule has 0 radical (unpaired) electrons. The Morgan fingerprint density at radius 1 is 0.944 bits per heavy atom. The molecule has 12 unspecified atom stereocenters. The molecule has 1 saturated heterocycles. The predicted octanol–water partition coefficient (Wildman–Crippen LogP) is 4.52. The van der Waals surface area contributed by atoms with Crippen LogP contribution in [0.3, 0.4) is 0 Å². The molecule has 0 amide bonds. The number of fused-ring (bicyclic) bond motifs is 4. The van der Waals surface area contributed by atoms with Crippen molar-refractivity contribution in [1.29, 1.82) is 0 Å². The summed E-state index contributed by atoms with van der Waals surface area (Å²) in [4.78, 5) is 0. The maximum atomic E-state index is 12.2. The molecular formula is C31H53NO4. The topological polar surface area (TPSA) is 82.0 Å². The molecule has 5 heteroatoms. The van der Waals surface area contributed by atoms with Gasteiger partial charge in [-0.15, -0.1) is 0 Å². The molecule has 1 heterocycles. The lowest BCUT2D eigenvalue weighted by atomic mass is 9.41. The van der Waals surface area contributed by atoms with Crippen LogP contribution in [0.5, 0.6) is 0 Å². The zero-order chi connectivity index (χ0) is 26.1. The van der Waals surface area contributed by atoms with Gasteiger partial charge in [0.25, 0.3) is 0 Å². The summed E-state index contributed by atoms with van der Waals surface area (Å²) in [6.45, 7) is 16.9. The smallest absolute Gasteiger partial charge is 0.0880 e. The Bertz CT molecular complexity index is 899. The van der Waals surface area contributed by atoms with Gasteiger partial charge in [-0.2, -0.15) is 0 Å². The van der Waals surface area contributed by atoms with Crippen LogP contribution >= 0.6 is 0 Å². The van der Waals surface area contributed by atoms with Crippen LogP contribution < -0.4 is 5.32 Å². The summed E-state index contributed by atoms with van der Waals surface area (Å²) >= 11 is 0. The molecule has 0 aromatic heterocycles. The van der Waals surface area contributed by atoms with Gasteiger partial charge in [0.2, 0.25) is 0 Å². The molecule has 12 atom stereocenters. The lowest BCUT2D eigenvalue weighted by Gasteiger charge is -2.63. The number of aliphatic hydroxyl groups is 3. The Labute approximate surface area is 219 Å². The first kappa shape index (κ1) is 26.0. The third kappa shape index (κ3) is 3.07. The van der Waals surface area contributed by atoms with E-state index < -0.39 is 11.7 Å². The molecule has 5 nitrogen and oxygen atoms in total. The van der Waals surface area contributed by atoms with E-state index in [1.54, 1.807) is 0 Å². The molecule has 1 aliphatic heterocycles. The fourth-order valence-corrected chi connectivity index (χ4v) is 12.1. The molecule has 2 spiro atoms. The van der Waals surface area contributed by atoms with Crippen LogP contribution in [0.4, 0.5) is 0 Å². The largest absolute Gasteiger partial charge is 0.393 e. The fourth-order valence-electron chi connectivity index (χ4n) is 12.1. The van der Waals surface area contributed by atoms with Gasteiger partial charge in [0.05, 0.1) is 30.0 Å². The highest BCUT2D eigenvalue weighted by Gasteiger charge is 2.84. The highest BCUT2D eigenvalue weighted by atomic mass is 16.5. The van der Waals surface area contributed by atoms with Crippen molar-refractivity contribution in [2.24, 2.45) is 50.7 Å². The van der Waals surface area contributed by atoms with Crippen molar-refractivity contribution in [2.45, 2.75) is 130 Å². The van der Waals surface area contributed by atoms with Crippen molar-refractivity contribution in [3.63, 3.8) is 0 Å². The Hall–Kier alpha value is -0.200. The van der Waals surface area contributed by atoms with E-state index in [1.807, 2.05) is 13.8 Å². The average Bonchev–Trinajstić information content (AvgIpc) is 3.41. The van der Waals surface area contributed by atoms with Crippen molar-refractivity contribution in [3.05, 3.63) is 0 Å². The summed E-state index contributed by atoms with van der Waals surface area (Å²) in [5.74, 6) is 2.08. The van der Waals surface area contributed by atoms with E-state index in [4.69, 9.17) is 4.74 Å². The van der Waals surface area contributed by atoms with E-state index in [2.05, 4.69) is 39.9 Å². The molecule has 0 aromatic carbocycles. The first-order valence-electron chi connectivity index (χ1n) is 15.1. The van der Waals surface area contributed by atoms with Gasteiger partial charge in [-0.05, 0) is 111 Å². The minimum absolute atomic E-state index is 0.00234. The predicted molar refractivity (Wildman–Crippen MR) is 141 cm³/mol. The zero-order valence-electron chi connectivity index (χ0n) is 23.9. The number of hydrogen-bond donors (Lipinski definition) is 4. The third-order valence-electron chi connectivity index (χ3n) is 13.8. The maximum absolute atomic E-state index is 12.2. The molecular weight excluding hydrogens is 450 g/mol. The van der Waals surface area contributed by atoms with Crippen molar-refractivity contribution in [2.75, 3.05) is 13.1 Å². The van der Waals surface area contributed by atoms with Gasteiger partial charge < -0.3 is 25.4 Å². The summed E-state index contributed by atoms with van der Waals surface area (Å²) < 4.78 is 6.78. The molecule has 6 aliphatic rings. The molecule has 5 aliphatic carbocycles. The Morgan fingerprint density at radius 3 is 2.31 bits per heavy atom. The van der Waals surface area contributed by atoms with Gasteiger partial charge in [0.15, 0.2) is 0 Å². The summed E-state index contributed by atoms with van der Waals surface area (Å²) in [5.41, 5.74) is -0.0308. The molecule has 6 rings (SSSR count). The molecule has 4 N–H and O–H groups in total. The quantitative estimate of drug-likeness (QED) is 0.453. The second-order valence-corrected chi connectivity index (χ2v) is 16.1. The SMILES string of the molecule is CC1CC(CNCC(C)(C)O)OC2C1C1(C)CCC34CC35CCC(O)C(C)(C)C5CCC4C1(C)C2O. The van der Waals surface area contributed by atoms with Gasteiger partial charge in [0.1, 0.15) is 0 Å². The second kappa shape index (κ2) is 7.71. The standard InChI is InChI=1S/C31H53NO4/c1-18-14-19(15-32-17-26(2,3)35)36-24-23(18)28(6)12-13-31-16-30(31)11-10-22(33)27(4,5)20(30)8-9-21(31)29(28,7)25(24)34/h18-25,32-35H,8-17H2,1-7H3. The number of nitrogens with one attached hydrogen (secondary N) is 1. The highest BCUT2D eigenvalue weighted by Crippen LogP contribution is 2.89. The molecule has 206 valence electrons. The van der Waals surface area contributed by atoms with Gasteiger partial charge >= 0.3 is 0 Å². The molecule has 5 saturated carbocycles. The molecule has 6 fully saturated rings. The zero-order valence-corrected chi connectivity index (χ0v) is 23.9. The van der Waals surface area contributed by atoms with Gasteiger partial charge in [-0.25, -0.2) is 0 Å². The lowest BCUT2D eigenvalue weighted by Crippen LogP contribution is -2.59. The van der Waals surface area contributed by atoms with E-state index in [9.17, 15) is 15.3 Å². The van der Waals surface area contributed by atoms with E-state index >= 15 is 0 Å². The fraction of sp³-hybridized carbons (Fsp3) is 1.00. The summed E-state index contributed by atoms with van der Waals surface area (Å²) in [6.07, 6.45) is 8.74. The van der Waals surface area contributed by atoms with Crippen molar-refractivity contribution in [3.8, 4) is 0 Å². The first-order valence-corrected chi connectivity index (χ1v) is 15.1. The van der Waals surface area contributed by atoms with Gasteiger partial charge in [0, 0.05) is 18.5 Å². The van der Waals surface area contributed by atoms with Gasteiger partial charge in [-0.3, -0.25) is 0 Å². The van der Waals surface area contributed by atoms with E-state index in [0.29, 0.717) is 41.0 Å². The average molecular weight is 504 g/mol. The number of rotatable bonds is 4. The van der Waals surface area contributed by atoms with E-state index in [1.165, 1.54) is 38.5 Å². The van der Waals surface area contributed by atoms with Gasteiger partial charge in [-0.1, -0.05) is 34.6 Å². The Morgan fingerprint density at radius 2 is 1.61 bits per heavy atom. The lowest BCUT2D eigenvalue weighted by molar-refractivity contribution is -0.182. The highest BCUT2D eigenvalue weighted by molar-refractivity contribution is 5.32. The van der Waals surface area contributed by atoms with Crippen molar-refractivity contribution >= 4 is 0 Å². The maximum Gasteiger partial charge on any atom is 0.0880 e. The molecule has 0 aromatic rings. The van der Waals surface area contributed by atoms with E-state index in [0.717, 1.165) is 19.4 Å². The molecule has 36 heavy (non-hydrogen) atoms. The third-order valence-corrected chi connectivity index (χ3v) is 13.8. The number of hydrogen-bond acceptors (Lipinski definition) is 5. The Kier molecular flexibility index (Phi) is 5.58. The molecule has 0 bridgehead atoms. The van der Waals surface area contributed by atoms with Crippen LogP contribution in [0, 0.1) is 50.7 Å². The minimum atomic E-state index is -0.733. The first-order chi connectivity index (χ1) is 16.6. The number of aliphatic hydroxyl groups excluding tert-OH is 2. The summed E-state index contributed by atoms with van der Waals surface area (Å²) in [7, 11) is 0. The summed E-state index contributed by atoms with van der Waals surface area (Å²) in [6, 6.07) is 0. The monoisotopic (exact) mass is 503 g/mol. The van der Waals surface area contributed by atoms with Crippen LogP contribution in [0.25, 0.3) is 0 Å².